The van der Waals surface area contributed by atoms with Gasteiger partial charge in [-0.05, 0) is 51.1 Å². The average Bonchev–Trinajstić information content (AvgIpc) is 3.20. The molecule has 1 unspecified atom stereocenters. The van der Waals surface area contributed by atoms with Gasteiger partial charge in [-0.15, -0.1) is 0 Å². The van der Waals surface area contributed by atoms with Crippen LogP contribution in [0.3, 0.4) is 0 Å². The Morgan fingerprint density at radius 3 is 2.24 bits per heavy atom. The van der Waals surface area contributed by atoms with Gasteiger partial charge < -0.3 is 5.32 Å². The zero-order valence-corrected chi connectivity index (χ0v) is 13.8. The molecule has 6 nitrogen and oxygen atoms in total. The number of nitrogens with zero attached hydrogens (tertiary/aromatic N) is 1. The van der Waals surface area contributed by atoms with Gasteiger partial charge in [-0.3, -0.25) is 0 Å². The van der Waals surface area contributed by atoms with Crippen LogP contribution in [0.5, 0.6) is 0 Å². The highest BCUT2D eigenvalue weighted by Gasteiger charge is 2.45. The van der Waals surface area contributed by atoms with Crippen molar-refractivity contribution in [1.29, 1.82) is 0 Å². The summed E-state index contributed by atoms with van der Waals surface area (Å²) in [7, 11) is -6.64. The molecule has 122 valence electrons. The van der Waals surface area contributed by atoms with Crippen molar-refractivity contribution >= 4 is 19.9 Å². The molecule has 0 aromatic rings. The Morgan fingerprint density at radius 2 is 1.71 bits per heavy atom. The summed E-state index contributed by atoms with van der Waals surface area (Å²) >= 11 is 0. The van der Waals surface area contributed by atoms with Gasteiger partial charge in [0.25, 0.3) is 0 Å². The minimum Gasteiger partial charge on any atom is -0.317 e. The number of hydrogen-bond donors (Lipinski definition) is 1. The summed E-state index contributed by atoms with van der Waals surface area (Å²) in [4.78, 5) is 0. The summed E-state index contributed by atoms with van der Waals surface area (Å²) in [6.07, 6.45) is 4.11. The van der Waals surface area contributed by atoms with Crippen LogP contribution in [0.2, 0.25) is 0 Å². The van der Waals surface area contributed by atoms with E-state index in [4.69, 9.17) is 0 Å². The fraction of sp³-hybridized carbons (Fsp3) is 1.00. The molecule has 0 spiro atoms. The topological polar surface area (TPSA) is 83.5 Å². The molecule has 2 heterocycles. The van der Waals surface area contributed by atoms with Crippen LogP contribution in [0.25, 0.3) is 0 Å². The molecule has 0 radical (unpaired) electrons. The predicted octanol–water partition coefficient (Wildman–Crippen LogP) is -0.0327. The predicted molar refractivity (Wildman–Crippen MR) is 81.3 cm³/mol. The molecular weight excluding hydrogens is 312 g/mol. The lowest BCUT2D eigenvalue weighted by atomic mass is 9.98. The summed E-state index contributed by atoms with van der Waals surface area (Å²) in [5, 5.41) is 2.57. The van der Waals surface area contributed by atoms with Crippen LogP contribution >= 0.6 is 0 Å². The Kier molecular flexibility index (Phi) is 4.33. The zero-order valence-electron chi connectivity index (χ0n) is 12.2. The van der Waals surface area contributed by atoms with E-state index in [0.717, 1.165) is 38.8 Å². The van der Waals surface area contributed by atoms with Gasteiger partial charge in [-0.25, -0.2) is 16.8 Å². The van der Waals surface area contributed by atoms with Gasteiger partial charge in [-0.2, -0.15) is 4.31 Å². The van der Waals surface area contributed by atoms with E-state index < -0.39 is 25.1 Å². The van der Waals surface area contributed by atoms with E-state index in [0.29, 0.717) is 12.5 Å². The van der Waals surface area contributed by atoms with Crippen LogP contribution < -0.4 is 5.32 Å². The Morgan fingerprint density at radius 1 is 1.05 bits per heavy atom. The zero-order chi connectivity index (χ0) is 15.1. The lowest BCUT2D eigenvalue weighted by molar-refractivity contribution is 0.281. The third-order valence-corrected chi connectivity index (χ3v) is 9.11. The maximum absolute atomic E-state index is 12.8. The van der Waals surface area contributed by atoms with Gasteiger partial charge in [0.1, 0.15) is 0 Å². The molecule has 2 saturated heterocycles. The first-order valence-electron chi connectivity index (χ1n) is 7.80. The first kappa shape index (κ1) is 15.7. The molecular formula is C13H24N2O4S2. The number of rotatable bonds is 5. The van der Waals surface area contributed by atoms with Gasteiger partial charge in [0.05, 0.1) is 16.8 Å². The summed E-state index contributed by atoms with van der Waals surface area (Å²) in [5.41, 5.74) is 0. The number of nitrogens with one attached hydrogen (secondary N) is 1. The van der Waals surface area contributed by atoms with Crippen molar-refractivity contribution in [2.24, 2.45) is 5.92 Å². The second-order valence-electron chi connectivity index (χ2n) is 6.56. The maximum Gasteiger partial charge on any atom is 0.218 e. The highest BCUT2D eigenvalue weighted by atomic mass is 32.2. The number of sulfonamides is 1. The summed E-state index contributed by atoms with van der Waals surface area (Å²) in [6.45, 7) is 2.47. The van der Waals surface area contributed by atoms with Crippen molar-refractivity contribution in [3.8, 4) is 0 Å². The van der Waals surface area contributed by atoms with Crippen LogP contribution in [-0.4, -0.2) is 63.6 Å². The lowest BCUT2D eigenvalue weighted by Gasteiger charge is -2.31. The molecule has 3 aliphatic rings. The second-order valence-corrected chi connectivity index (χ2v) is 11.0. The average molecular weight is 336 g/mol. The van der Waals surface area contributed by atoms with Crippen molar-refractivity contribution in [1.82, 2.24) is 9.62 Å². The van der Waals surface area contributed by atoms with Crippen LogP contribution in [0.4, 0.5) is 0 Å². The SMILES string of the molecule is O=S1(=O)CCC(S(=O)(=O)N(CC2CCNCC2)C2CC2)C1. The van der Waals surface area contributed by atoms with Crippen LogP contribution in [-0.2, 0) is 19.9 Å². The van der Waals surface area contributed by atoms with E-state index in [1.54, 1.807) is 4.31 Å². The van der Waals surface area contributed by atoms with Gasteiger partial charge in [-0.1, -0.05) is 0 Å². The first-order valence-corrected chi connectivity index (χ1v) is 11.1. The number of piperidine rings is 1. The third kappa shape index (κ3) is 3.60. The molecule has 8 heteroatoms. The highest BCUT2D eigenvalue weighted by molar-refractivity contribution is 7.95. The molecule has 21 heavy (non-hydrogen) atoms. The summed E-state index contributed by atoms with van der Waals surface area (Å²) in [6, 6.07) is 0.119. The van der Waals surface area contributed by atoms with Gasteiger partial charge in [0.2, 0.25) is 10.0 Å². The first-order chi connectivity index (χ1) is 9.88. The van der Waals surface area contributed by atoms with E-state index in [1.807, 2.05) is 0 Å². The van der Waals surface area contributed by atoms with E-state index in [-0.39, 0.29) is 24.0 Å². The quantitative estimate of drug-likeness (QED) is 0.762. The monoisotopic (exact) mass is 336 g/mol. The van der Waals surface area contributed by atoms with Crippen molar-refractivity contribution in [3.63, 3.8) is 0 Å². The molecule has 2 aliphatic heterocycles. The fourth-order valence-electron chi connectivity index (χ4n) is 3.33. The largest absolute Gasteiger partial charge is 0.317 e. The van der Waals surface area contributed by atoms with Crippen LogP contribution in [0, 0.1) is 5.92 Å². The van der Waals surface area contributed by atoms with Crippen molar-refractivity contribution in [2.75, 3.05) is 31.1 Å². The van der Waals surface area contributed by atoms with Crippen molar-refractivity contribution in [3.05, 3.63) is 0 Å². The van der Waals surface area contributed by atoms with Gasteiger partial charge in [0.15, 0.2) is 9.84 Å². The molecule has 1 N–H and O–H groups in total. The molecule has 1 saturated carbocycles. The summed E-state index contributed by atoms with van der Waals surface area (Å²) in [5.74, 6) is 0.229. The smallest absolute Gasteiger partial charge is 0.218 e. The highest BCUT2D eigenvalue weighted by Crippen LogP contribution is 2.34. The molecule has 0 aromatic carbocycles. The molecule has 1 atom stereocenters. The number of hydrogen-bond acceptors (Lipinski definition) is 5. The van der Waals surface area contributed by atoms with E-state index in [9.17, 15) is 16.8 Å². The maximum atomic E-state index is 12.8. The fourth-order valence-corrected chi connectivity index (χ4v) is 8.18. The molecule has 0 bridgehead atoms. The van der Waals surface area contributed by atoms with Crippen LogP contribution in [0.1, 0.15) is 32.1 Å². The molecule has 3 rings (SSSR count). The summed E-state index contributed by atoms with van der Waals surface area (Å²) < 4.78 is 50.5. The second kappa shape index (κ2) is 5.79. The Labute approximate surface area is 127 Å². The van der Waals surface area contributed by atoms with Crippen molar-refractivity contribution < 1.29 is 16.8 Å². The minimum atomic E-state index is -3.47. The number of sulfone groups is 1. The molecule has 0 amide bonds. The normalized spacial score (nSPS) is 30.8. The third-order valence-electron chi connectivity index (χ3n) is 4.79. The molecule has 3 fully saturated rings. The van der Waals surface area contributed by atoms with Crippen molar-refractivity contribution in [2.45, 2.75) is 43.4 Å². The van der Waals surface area contributed by atoms with Crippen LogP contribution in [0.15, 0.2) is 0 Å². The molecule has 1 aliphatic carbocycles. The van der Waals surface area contributed by atoms with Gasteiger partial charge >= 0.3 is 0 Å². The minimum absolute atomic E-state index is 0.0166. The Bertz CT molecular complexity index is 577. The van der Waals surface area contributed by atoms with E-state index in [1.165, 1.54) is 0 Å². The van der Waals surface area contributed by atoms with E-state index in [2.05, 4.69) is 5.32 Å². The Hall–Kier alpha value is -0.180. The Balaban J connectivity index is 1.73. The lowest BCUT2D eigenvalue weighted by Crippen LogP contribution is -2.45. The van der Waals surface area contributed by atoms with E-state index >= 15 is 0 Å². The molecule has 0 aromatic heterocycles. The standard InChI is InChI=1S/C13H24N2O4S2/c16-20(17)8-5-13(10-20)21(18,19)15(12-1-2-12)9-11-3-6-14-7-4-11/h11-14H,1-10H2. The van der Waals surface area contributed by atoms with Gasteiger partial charge in [0, 0.05) is 12.6 Å².